The van der Waals surface area contributed by atoms with Crippen molar-refractivity contribution in [2.75, 3.05) is 6.54 Å². The lowest BCUT2D eigenvalue weighted by molar-refractivity contribution is 0.230. The fourth-order valence-corrected chi connectivity index (χ4v) is 1.56. The minimum Gasteiger partial charge on any atom is -0.310 e. The summed E-state index contributed by atoms with van der Waals surface area (Å²) in [5, 5.41) is 3.34. The monoisotopic (exact) mass is 255 g/mol. The van der Waals surface area contributed by atoms with Gasteiger partial charge in [-0.15, -0.1) is 0 Å². The molecule has 0 heterocycles. The predicted molar refractivity (Wildman–Crippen MR) is 71.4 cm³/mol. The zero-order valence-corrected chi connectivity index (χ0v) is 11.8. The third-order valence-electron chi connectivity index (χ3n) is 3.81. The Kier molecular flexibility index (Phi) is 4.85. The van der Waals surface area contributed by atoms with Crippen LogP contribution in [-0.4, -0.2) is 6.54 Å². The summed E-state index contributed by atoms with van der Waals surface area (Å²) < 4.78 is 26.2. The van der Waals surface area contributed by atoms with Crippen LogP contribution in [0.5, 0.6) is 0 Å². The van der Waals surface area contributed by atoms with Crippen LogP contribution >= 0.6 is 0 Å². The highest BCUT2D eigenvalue weighted by atomic mass is 19.1. The third-order valence-corrected chi connectivity index (χ3v) is 3.81. The van der Waals surface area contributed by atoms with Crippen LogP contribution in [0.2, 0.25) is 0 Å². The van der Waals surface area contributed by atoms with Crippen molar-refractivity contribution >= 4 is 0 Å². The lowest BCUT2D eigenvalue weighted by Crippen LogP contribution is -2.34. The van der Waals surface area contributed by atoms with Gasteiger partial charge in [0.25, 0.3) is 0 Å². The molecule has 1 unspecified atom stereocenters. The van der Waals surface area contributed by atoms with E-state index in [0.717, 1.165) is 12.6 Å². The second kappa shape index (κ2) is 5.79. The van der Waals surface area contributed by atoms with E-state index in [1.54, 1.807) is 0 Å². The maximum atomic E-state index is 13.1. The first-order valence-corrected chi connectivity index (χ1v) is 6.42. The molecule has 1 nitrogen and oxygen atoms in total. The second-order valence-electron chi connectivity index (χ2n) is 5.95. The molecule has 0 aliphatic carbocycles. The van der Waals surface area contributed by atoms with Gasteiger partial charge in [-0.1, -0.05) is 27.7 Å². The fraction of sp³-hybridized carbons (Fsp3) is 0.600. The van der Waals surface area contributed by atoms with Gasteiger partial charge in [-0.3, -0.25) is 0 Å². The Morgan fingerprint density at radius 2 is 1.56 bits per heavy atom. The third kappa shape index (κ3) is 4.05. The molecule has 0 fully saturated rings. The van der Waals surface area contributed by atoms with Crippen molar-refractivity contribution in [3.8, 4) is 0 Å². The molecule has 102 valence electrons. The van der Waals surface area contributed by atoms with E-state index in [4.69, 9.17) is 0 Å². The zero-order chi connectivity index (χ0) is 13.9. The predicted octanol–water partition coefficient (Wildman–Crippen LogP) is 4.30. The maximum Gasteiger partial charge on any atom is 0.126 e. The number of hydrogen-bond acceptors (Lipinski definition) is 1. The van der Waals surface area contributed by atoms with Crippen molar-refractivity contribution in [2.45, 2.75) is 40.7 Å². The molecule has 0 aromatic heterocycles. The lowest BCUT2D eigenvalue weighted by atomic mass is 9.81. The van der Waals surface area contributed by atoms with Gasteiger partial charge in [0, 0.05) is 18.7 Å². The summed E-state index contributed by atoms with van der Waals surface area (Å²) in [6.45, 7) is 11.4. The van der Waals surface area contributed by atoms with E-state index in [-0.39, 0.29) is 11.5 Å². The summed E-state index contributed by atoms with van der Waals surface area (Å²) in [4.78, 5) is 0. The van der Waals surface area contributed by atoms with E-state index >= 15 is 0 Å². The highest BCUT2D eigenvalue weighted by Crippen LogP contribution is 2.26. The molecule has 0 amide bonds. The van der Waals surface area contributed by atoms with Gasteiger partial charge in [0.2, 0.25) is 0 Å². The Bertz CT molecular complexity index is 379. The number of hydrogen-bond donors (Lipinski definition) is 1. The van der Waals surface area contributed by atoms with Gasteiger partial charge in [-0.05, 0) is 36.0 Å². The molecule has 0 bridgehead atoms. The van der Waals surface area contributed by atoms with Crippen LogP contribution < -0.4 is 5.32 Å². The van der Waals surface area contributed by atoms with E-state index in [2.05, 4.69) is 33.0 Å². The quantitative estimate of drug-likeness (QED) is 0.827. The minimum atomic E-state index is -0.526. The number of halogens is 2. The second-order valence-corrected chi connectivity index (χ2v) is 5.95. The minimum absolute atomic E-state index is 0.0618. The summed E-state index contributed by atoms with van der Waals surface area (Å²) in [5.74, 6) is -0.509. The highest BCUT2D eigenvalue weighted by Gasteiger charge is 2.22. The molecular formula is C15H23F2N. The average molecular weight is 255 g/mol. The van der Waals surface area contributed by atoms with Gasteiger partial charge in [0.05, 0.1) is 0 Å². The van der Waals surface area contributed by atoms with Crippen LogP contribution in [0.25, 0.3) is 0 Å². The van der Waals surface area contributed by atoms with Gasteiger partial charge in [0.15, 0.2) is 0 Å². The van der Waals surface area contributed by atoms with Crippen molar-refractivity contribution in [2.24, 2.45) is 11.3 Å². The molecule has 18 heavy (non-hydrogen) atoms. The van der Waals surface area contributed by atoms with Crippen molar-refractivity contribution in [1.82, 2.24) is 5.32 Å². The summed E-state index contributed by atoms with van der Waals surface area (Å²) in [5.41, 5.74) is 0.798. The maximum absolute atomic E-state index is 13.1. The van der Waals surface area contributed by atoms with Crippen LogP contribution in [-0.2, 0) is 0 Å². The van der Waals surface area contributed by atoms with Crippen molar-refractivity contribution in [1.29, 1.82) is 0 Å². The molecule has 1 aromatic carbocycles. The first-order chi connectivity index (χ1) is 8.22. The molecule has 1 N–H and O–H groups in total. The first-order valence-electron chi connectivity index (χ1n) is 6.42. The van der Waals surface area contributed by atoms with Crippen LogP contribution in [0, 0.1) is 23.0 Å². The van der Waals surface area contributed by atoms with Crippen LogP contribution in [0.1, 0.15) is 46.2 Å². The molecule has 0 saturated heterocycles. The molecule has 0 spiro atoms. The van der Waals surface area contributed by atoms with Gasteiger partial charge >= 0.3 is 0 Å². The van der Waals surface area contributed by atoms with Gasteiger partial charge in [0.1, 0.15) is 11.6 Å². The molecule has 1 atom stereocenters. The molecule has 0 aliphatic heterocycles. The topological polar surface area (TPSA) is 12.0 Å². The van der Waals surface area contributed by atoms with E-state index in [1.165, 1.54) is 12.1 Å². The highest BCUT2D eigenvalue weighted by molar-refractivity contribution is 5.20. The van der Waals surface area contributed by atoms with Gasteiger partial charge in [-0.2, -0.15) is 0 Å². The fourth-order valence-electron chi connectivity index (χ4n) is 1.56. The summed E-state index contributed by atoms with van der Waals surface area (Å²) in [6.07, 6.45) is 0. The molecule has 0 aliphatic rings. The van der Waals surface area contributed by atoms with E-state index in [0.29, 0.717) is 11.5 Å². The molecule has 1 rings (SSSR count). The largest absolute Gasteiger partial charge is 0.310 e. The smallest absolute Gasteiger partial charge is 0.126 e. The standard InChI is InChI=1S/C15H23F2N/c1-10(2)15(4,5)9-18-11(3)12-6-13(16)8-14(17)7-12/h6-8,10-11,18H,9H2,1-5H3. The number of benzene rings is 1. The number of nitrogens with one attached hydrogen (secondary N) is 1. The first kappa shape index (κ1) is 15.1. The summed E-state index contributed by atoms with van der Waals surface area (Å²) in [6, 6.07) is 3.59. The Hall–Kier alpha value is -0.960. The Morgan fingerprint density at radius 3 is 2.00 bits per heavy atom. The Labute approximate surface area is 109 Å². The SMILES string of the molecule is CC(NCC(C)(C)C(C)C)c1cc(F)cc(F)c1. The van der Waals surface area contributed by atoms with Gasteiger partial charge < -0.3 is 5.32 Å². The molecule has 3 heteroatoms. The number of rotatable bonds is 5. The molecule has 1 aromatic rings. The van der Waals surface area contributed by atoms with E-state index < -0.39 is 11.6 Å². The van der Waals surface area contributed by atoms with Crippen LogP contribution in [0.3, 0.4) is 0 Å². The van der Waals surface area contributed by atoms with E-state index in [9.17, 15) is 8.78 Å². The van der Waals surface area contributed by atoms with Crippen molar-refractivity contribution in [3.05, 3.63) is 35.4 Å². The van der Waals surface area contributed by atoms with E-state index in [1.807, 2.05) is 6.92 Å². The van der Waals surface area contributed by atoms with Crippen LogP contribution in [0.4, 0.5) is 8.78 Å². The summed E-state index contributed by atoms with van der Waals surface area (Å²) >= 11 is 0. The summed E-state index contributed by atoms with van der Waals surface area (Å²) in [7, 11) is 0. The molecule has 0 saturated carbocycles. The Balaban J connectivity index is 2.68. The average Bonchev–Trinajstić information content (AvgIpc) is 2.24. The zero-order valence-electron chi connectivity index (χ0n) is 11.8. The Morgan fingerprint density at radius 1 is 1.06 bits per heavy atom. The molecule has 0 radical (unpaired) electrons. The normalized spacial score (nSPS) is 14.0. The lowest BCUT2D eigenvalue weighted by Gasteiger charge is -2.31. The molecular weight excluding hydrogens is 232 g/mol. The van der Waals surface area contributed by atoms with Gasteiger partial charge in [-0.25, -0.2) is 8.78 Å². The van der Waals surface area contributed by atoms with Crippen molar-refractivity contribution in [3.63, 3.8) is 0 Å². The van der Waals surface area contributed by atoms with Crippen LogP contribution in [0.15, 0.2) is 18.2 Å². The van der Waals surface area contributed by atoms with Crippen molar-refractivity contribution < 1.29 is 8.78 Å².